The monoisotopic (exact) mass is 218 g/mol. The summed E-state index contributed by atoms with van der Waals surface area (Å²) in [7, 11) is 6.02. The third-order valence-corrected chi connectivity index (χ3v) is 2.05. The summed E-state index contributed by atoms with van der Waals surface area (Å²) in [5, 5.41) is 7.24. The summed E-state index contributed by atoms with van der Waals surface area (Å²) >= 11 is 0. The van der Waals surface area contributed by atoms with Crippen LogP contribution in [0, 0.1) is 0 Å². The van der Waals surface area contributed by atoms with Crippen LogP contribution >= 0.6 is 0 Å². The highest BCUT2D eigenvalue weighted by Crippen LogP contribution is 1.79. The number of nitrogens with zero attached hydrogens (tertiary/aromatic N) is 2. The number of rotatable bonds is 10. The van der Waals surface area contributed by atoms with E-state index >= 15 is 0 Å². The van der Waals surface area contributed by atoms with Gasteiger partial charge in [-0.3, -0.25) is 10.9 Å². The third-order valence-electron chi connectivity index (χ3n) is 2.05. The molecule has 0 unspecified atom stereocenters. The lowest BCUT2D eigenvalue weighted by molar-refractivity contribution is 0.168. The first kappa shape index (κ1) is 14.8. The molecule has 6 nitrogen and oxygen atoms in total. The van der Waals surface area contributed by atoms with Crippen molar-refractivity contribution in [1.29, 1.82) is 0 Å². The van der Waals surface area contributed by atoms with E-state index in [0.717, 1.165) is 32.7 Å². The molecule has 0 rings (SSSR count). The van der Waals surface area contributed by atoms with Crippen LogP contribution < -0.4 is 21.9 Å². The van der Waals surface area contributed by atoms with Crippen LogP contribution in [0.2, 0.25) is 0 Å². The van der Waals surface area contributed by atoms with Gasteiger partial charge < -0.3 is 11.1 Å². The van der Waals surface area contributed by atoms with Gasteiger partial charge in [-0.2, -0.15) is 0 Å². The summed E-state index contributed by atoms with van der Waals surface area (Å²) in [6.45, 7) is 5.35. The van der Waals surface area contributed by atoms with Crippen molar-refractivity contribution in [3.8, 4) is 0 Å². The molecule has 0 bridgehead atoms. The van der Waals surface area contributed by atoms with Crippen LogP contribution in [0.4, 0.5) is 0 Å². The molecule has 0 aromatic rings. The van der Waals surface area contributed by atoms with E-state index in [-0.39, 0.29) is 0 Å². The first-order valence-electron chi connectivity index (χ1n) is 5.44. The Labute approximate surface area is 93.1 Å². The van der Waals surface area contributed by atoms with Gasteiger partial charge in [0.1, 0.15) is 0 Å². The maximum atomic E-state index is 5.39. The van der Waals surface area contributed by atoms with E-state index in [9.17, 15) is 0 Å². The first-order chi connectivity index (χ1) is 7.20. The van der Waals surface area contributed by atoms with Gasteiger partial charge in [0.05, 0.1) is 0 Å². The van der Waals surface area contributed by atoms with Crippen molar-refractivity contribution in [2.75, 3.05) is 60.4 Å². The minimum absolute atomic E-state index is 0.667. The van der Waals surface area contributed by atoms with Crippen molar-refractivity contribution >= 4 is 0 Å². The zero-order valence-electron chi connectivity index (χ0n) is 10.2. The fourth-order valence-electron chi connectivity index (χ4n) is 1.09. The van der Waals surface area contributed by atoms with Crippen molar-refractivity contribution in [3.05, 3.63) is 0 Å². The number of hydrogen-bond acceptors (Lipinski definition) is 6. The zero-order valence-corrected chi connectivity index (χ0v) is 10.2. The molecule has 5 N–H and O–H groups in total. The van der Waals surface area contributed by atoms with Gasteiger partial charge in [0.2, 0.25) is 0 Å². The summed E-state index contributed by atoms with van der Waals surface area (Å²) in [6, 6.07) is 0. The Balaban J connectivity index is 3.31. The van der Waals surface area contributed by atoms with Crippen LogP contribution in [0.3, 0.4) is 0 Å². The average molecular weight is 218 g/mol. The number of hydrogen-bond donors (Lipinski definition) is 4. The van der Waals surface area contributed by atoms with Gasteiger partial charge in [-0.05, 0) is 7.05 Å². The second-order valence-corrected chi connectivity index (χ2v) is 3.55. The van der Waals surface area contributed by atoms with E-state index < -0.39 is 0 Å². The molecule has 0 saturated carbocycles. The molecule has 0 radical (unpaired) electrons. The molecule has 0 aromatic carbocycles. The van der Waals surface area contributed by atoms with Crippen molar-refractivity contribution in [3.63, 3.8) is 0 Å². The van der Waals surface area contributed by atoms with Gasteiger partial charge in [-0.1, -0.05) is 0 Å². The van der Waals surface area contributed by atoms with Gasteiger partial charge in [0, 0.05) is 53.4 Å². The van der Waals surface area contributed by atoms with E-state index in [1.165, 1.54) is 0 Å². The Morgan fingerprint density at radius 1 is 0.933 bits per heavy atom. The molecule has 0 atom stereocenters. The predicted molar refractivity (Wildman–Crippen MR) is 64.2 cm³/mol. The number of nitrogens with one attached hydrogen (secondary N) is 3. The molecule has 0 fully saturated rings. The van der Waals surface area contributed by atoms with Crippen molar-refractivity contribution < 1.29 is 0 Å². The largest absolute Gasteiger partial charge is 0.329 e. The number of likely N-dealkylation sites (N-methyl/N-ethyl adjacent to an activating group) is 3. The van der Waals surface area contributed by atoms with Crippen LogP contribution in [0.5, 0.6) is 0 Å². The van der Waals surface area contributed by atoms with E-state index in [4.69, 9.17) is 5.73 Å². The molecule has 0 aliphatic carbocycles. The normalized spacial score (nSPS) is 11.6. The number of nitrogens with two attached hydrogens (primary N) is 1. The minimum atomic E-state index is 0.667. The molecular formula is C9H26N6. The smallest absolute Gasteiger partial charge is 0.0269 e. The second-order valence-electron chi connectivity index (χ2n) is 3.55. The van der Waals surface area contributed by atoms with Crippen molar-refractivity contribution in [2.45, 2.75) is 0 Å². The van der Waals surface area contributed by atoms with E-state index in [1.54, 1.807) is 0 Å². The maximum absolute atomic E-state index is 5.39. The van der Waals surface area contributed by atoms with Crippen molar-refractivity contribution in [1.82, 2.24) is 26.2 Å². The first-order valence-corrected chi connectivity index (χ1v) is 5.44. The van der Waals surface area contributed by atoms with Gasteiger partial charge in [0.15, 0.2) is 0 Å². The molecule has 0 amide bonds. The lowest BCUT2D eigenvalue weighted by atomic mass is 10.6. The highest BCUT2D eigenvalue weighted by atomic mass is 15.5. The summed E-state index contributed by atoms with van der Waals surface area (Å²) in [4.78, 5) is 0. The highest BCUT2D eigenvalue weighted by molar-refractivity contribution is 4.52. The topological polar surface area (TPSA) is 68.6 Å². The van der Waals surface area contributed by atoms with Gasteiger partial charge in [-0.25, -0.2) is 10.0 Å². The van der Waals surface area contributed by atoms with E-state index in [0.29, 0.717) is 6.54 Å². The van der Waals surface area contributed by atoms with Gasteiger partial charge in [-0.15, -0.1) is 0 Å². The Kier molecular flexibility index (Phi) is 10.1. The molecule has 0 aliphatic rings. The van der Waals surface area contributed by atoms with Crippen LogP contribution in [0.25, 0.3) is 0 Å². The van der Waals surface area contributed by atoms with Crippen LogP contribution in [0.15, 0.2) is 0 Å². The molecule has 15 heavy (non-hydrogen) atoms. The lowest BCUT2D eigenvalue weighted by Crippen LogP contribution is -2.45. The van der Waals surface area contributed by atoms with Crippen molar-refractivity contribution in [2.24, 2.45) is 5.73 Å². The van der Waals surface area contributed by atoms with Gasteiger partial charge in [0.25, 0.3) is 0 Å². The Morgan fingerprint density at radius 3 is 1.93 bits per heavy atom. The molecule has 0 spiro atoms. The molecule has 0 saturated heterocycles. The standard InChI is InChI=1S/C9H26N6/c1-11-6-7-13-15(3)9-8-14(2)12-5-4-10/h11-13H,4-10H2,1-3H3. The van der Waals surface area contributed by atoms with Crippen LogP contribution in [-0.2, 0) is 0 Å². The fourth-order valence-corrected chi connectivity index (χ4v) is 1.09. The highest BCUT2D eigenvalue weighted by Gasteiger charge is 1.99. The molecule has 0 aliphatic heterocycles. The Morgan fingerprint density at radius 2 is 1.47 bits per heavy atom. The third kappa shape index (κ3) is 10.1. The summed E-state index contributed by atoms with van der Waals surface area (Å²) in [5.74, 6) is 0. The molecule has 0 heterocycles. The van der Waals surface area contributed by atoms with Crippen LogP contribution in [-0.4, -0.2) is 70.4 Å². The Bertz CT molecular complexity index is 132. The van der Waals surface area contributed by atoms with Gasteiger partial charge >= 0.3 is 0 Å². The predicted octanol–water partition coefficient (Wildman–Crippen LogP) is -1.96. The quantitative estimate of drug-likeness (QED) is 0.252. The molecule has 92 valence electrons. The fraction of sp³-hybridized carbons (Fsp3) is 1.00. The molecule has 0 aromatic heterocycles. The Hall–Kier alpha value is -0.240. The summed E-state index contributed by atoms with van der Waals surface area (Å²) in [5.41, 5.74) is 11.9. The zero-order chi connectivity index (χ0) is 11.5. The molecular weight excluding hydrogens is 192 g/mol. The number of hydrazine groups is 2. The average Bonchev–Trinajstić information content (AvgIpc) is 2.24. The lowest BCUT2D eigenvalue weighted by Gasteiger charge is -2.23. The van der Waals surface area contributed by atoms with Crippen LogP contribution in [0.1, 0.15) is 0 Å². The SMILES string of the molecule is CNCCNN(C)CCN(C)NCCN. The summed E-state index contributed by atoms with van der Waals surface area (Å²) < 4.78 is 0. The van der Waals surface area contributed by atoms with E-state index in [2.05, 4.69) is 26.2 Å². The summed E-state index contributed by atoms with van der Waals surface area (Å²) in [6.07, 6.45) is 0. The van der Waals surface area contributed by atoms with E-state index in [1.807, 2.05) is 21.1 Å². The second kappa shape index (κ2) is 10.3. The maximum Gasteiger partial charge on any atom is 0.0269 e. The minimum Gasteiger partial charge on any atom is -0.329 e. The molecule has 6 heteroatoms.